The maximum absolute atomic E-state index is 11.8. The Labute approximate surface area is 195 Å². The van der Waals surface area contributed by atoms with Crippen molar-refractivity contribution in [1.29, 1.82) is 0 Å². The molecule has 1 heterocycles. The van der Waals surface area contributed by atoms with Crippen molar-refractivity contribution < 1.29 is 52.4 Å². The summed E-state index contributed by atoms with van der Waals surface area (Å²) in [5.41, 5.74) is 0.515. The molecule has 0 aliphatic carbocycles. The van der Waals surface area contributed by atoms with Gasteiger partial charge in [-0.2, -0.15) is 0 Å². The van der Waals surface area contributed by atoms with Crippen molar-refractivity contribution in [3.05, 3.63) is 24.3 Å². The molecule has 1 fully saturated rings. The van der Waals surface area contributed by atoms with E-state index in [0.29, 0.717) is 5.69 Å². The molecule has 0 spiro atoms. The largest absolute Gasteiger partial charge is 0.463 e. The highest BCUT2D eigenvalue weighted by Gasteiger charge is 2.53. The van der Waals surface area contributed by atoms with Crippen LogP contribution in [0, 0.1) is 0 Å². The summed E-state index contributed by atoms with van der Waals surface area (Å²) >= 11 is 0. The van der Waals surface area contributed by atoms with Crippen LogP contribution in [0.4, 0.5) is 5.69 Å². The van der Waals surface area contributed by atoms with Gasteiger partial charge in [-0.05, 0) is 24.3 Å². The lowest BCUT2D eigenvalue weighted by molar-refractivity contribution is -0.288. The van der Waals surface area contributed by atoms with Crippen LogP contribution in [-0.4, -0.2) is 67.1 Å². The zero-order chi connectivity index (χ0) is 25.4. The minimum atomic E-state index is -1.34. The second-order valence-electron chi connectivity index (χ2n) is 7.39. The van der Waals surface area contributed by atoms with Crippen LogP contribution in [-0.2, 0) is 47.7 Å². The van der Waals surface area contributed by atoms with E-state index in [-0.39, 0.29) is 18.3 Å². The Morgan fingerprint density at radius 1 is 0.765 bits per heavy atom. The van der Waals surface area contributed by atoms with Crippen molar-refractivity contribution in [3.8, 4) is 5.75 Å². The van der Waals surface area contributed by atoms with Crippen LogP contribution in [0.5, 0.6) is 5.75 Å². The number of rotatable bonds is 8. The van der Waals surface area contributed by atoms with Gasteiger partial charge in [0.25, 0.3) is 0 Å². The van der Waals surface area contributed by atoms with Gasteiger partial charge in [-0.15, -0.1) is 0 Å². The number of ether oxygens (including phenoxy) is 6. The van der Waals surface area contributed by atoms with E-state index in [4.69, 9.17) is 28.4 Å². The molecule has 1 N–H and O–H groups in total. The highest BCUT2D eigenvalue weighted by atomic mass is 16.7. The zero-order valence-corrected chi connectivity index (χ0v) is 19.4. The molecule has 1 aromatic rings. The molecule has 5 atom stereocenters. The van der Waals surface area contributed by atoms with Gasteiger partial charge in [-0.1, -0.05) is 0 Å². The van der Waals surface area contributed by atoms with E-state index in [1.165, 1.54) is 26.0 Å². The first kappa shape index (κ1) is 26.6. The average molecular weight is 481 g/mol. The molecule has 2 rings (SSSR count). The van der Waals surface area contributed by atoms with Crippen LogP contribution >= 0.6 is 0 Å². The molecule has 0 radical (unpaired) electrons. The number of anilines is 1. The Morgan fingerprint density at radius 3 is 1.79 bits per heavy atom. The van der Waals surface area contributed by atoms with Gasteiger partial charge in [-0.25, -0.2) is 0 Å². The van der Waals surface area contributed by atoms with Crippen molar-refractivity contribution in [3.63, 3.8) is 0 Å². The number of nitrogens with one attached hydrogen (secondary N) is 1. The zero-order valence-electron chi connectivity index (χ0n) is 19.4. The van der Waals surface area contributed by atoms with Gasteiger partial charge in [0.2, 0.25) is 18.3 Å². The van der Waals surface area contributed by atoms with Crippen molar-refractivity contribution in [2.45, 2.75) is 65.3 Å². The smallest absolute Gasteiger partial charge is 0.303 e. The molecule has 3 unspecified atom stereocenters. The first-order chi connectivity index (χ1) is 16.0. The summed E-state index contributed by atoms with van der Waals surface area (Å²) in [6.45, 7) is 5.58. The molecule has 12 nitrogen and oxygen atoms in total. The Balaban J connectivity index is 2.40. The number of hydrogen-bond donors (Lipinski definition) is 1. The summed E-state index contributed by atoms with van der Waals surface area (Å²) in [4.78, 5) is 58.0. The molecule has 0 saturated carbocycles. The molecule has 1 aromatic carbocycles. The maximum Gasteiger partial charge on any atom is 0.303 e. The van der Waals surface area contributed by atoms with Crippen molar-refractivity contribution >= 4 is 35.5 Å². The quantitative estimate of drug-likeness (QED) is 0.419. The third-order valence-corrected chi connectivity index (χ3v) is 4.38. The van der Waals surface area contributed by atoms with Gasteiger partial charge in [0, 0.05) is 40.3 Å². The first-order valence-electron chi connectivity index (χ1n) is 10.3. The molecular weight excluding hydrogens is 454 g/mol. The van der Waals surface area contributed by atoms with Crippen molar-refractivity contribution in [2.24, 2.45) is 0 Å². The predicted octanol–water partition coefficient (Wildman–Crippen LogP) is 1.11. The Bertz CT molecular complexity index is 914. The van der Waals surface area contributed by atoms with Crippen LogP contribution in [0.2, 0.25) is 0 Å². The Hall–Kier alpha value is -3.67. The summed E-state index contributed by atoms with van der Waals surface area (Å²) in [5.74, 6) is -2.83. The van der Waals surface area contributed by atoms with Crippen molar-refractivity contribution in [2.75, 3.05) is 11.9 Å². The van der Waals surface area contributed by atoms with E-state index in [9.17, 15) is 24.0 Å². The van der Waals surface area contributed by atoms with Gasteiger partial charge in [-0.3, -0.25) is 24.0 Å². The number of carbonyl (C=O) groups is 5. The van der Waals surface area contributed by atoms with Gasteiger partial charge < -0.3 is 33.7 Å². The first-order valence-corrected chi connectivity index (χ1v) is 10.3. The lowest BCUT2D eigenvalue weighted by Gasteiger charge is -2.43. The molecule has 1 aliphatic heterocycles. The third-order valence-electron chi connectivity index (χ3n) is 4.38. The number of amides is 1. The summed E-state index contributed by atoms with van der Waals surface area (Å²) in [6, 6.07) is 6.20. The maximum atomic E-state index is 11.8. The molecule has 0 aromatic heterocycles. The number of esters is 4. The highest BCUT2D eigenvalue weighted by Crippen LogP contribution is 2.31. The average Bonchev–Trinajstić information content (AvgIpc) is 2.71. The fourth-order valence-electron chi connectivity index (χ4n) is 3.24. The second-order valence-corrected chi connectivity index (χ2v) is 7.39. The van der Waals surface area contributed by atoms with Gasteiger partial charge in [0.1, 0.15) is 18.5 Å². The fourth-order valence-corrected chi connectivity index (χ4v) is 3.24. The summed E-state index contributed by atoms with van der Waals surface area (Å²) in [5, 5.41) is 2.61. The monoisotopic (exact) mass is 481 g/mol. The standard InChI is InChI=1S/C22H27NO11/c1-11(24)23-16-6-8-17(9-7-16)33-22-21(32-15(5)28)20(31-14(4)27)19(30-13(3)26)18(34-22)10-29-12(2)25/h6-9,18-22H,10H2,1-5H3,(H,23,24)/t18?,19-,20?,21?,22+/m1/s1. The molecule has 1 amide bonds. The van der Waals surface area contributed by atoms with Crippen molar-refractivity contribution in [1.82, 2.24) is 0 Å². The molecule has 1 saturated heterocycles. The van der Waals surface area contributed by atoms with Crippen LogP contribution in [0.25, 0.3) is 0 Å². The predicted molar refractivity (Wildman–Crippen MR) is 113 cm³/mol. The van der Waals surface area contributed by atoms with E-state index in [2.05, 4.69) is 5.32 Å². The minimum absolute atomic E-state index is 0.256. The molecule has 34 heavy (non-hydrogen) atoms. The van der Waals surface area contributed by atoms with Gasteiger partial charge >= 0.3 is 23.9 Å². The summed E-state index contributed by atoms with van der Waals surface area (Å²) in [7, 11) is 0. The van der Waals surface area contributed by atoms with E-state index in [0.717, 1.165) is 20.8 Å². The number of benzene rings is 1. The SMILES string of the molecule is CC(=O)Nc1ccc(O[C@H]2OC(COC(C)=O)[C@@H](OC(C)=O)C(OC(C)=O)C2OC(C)=O)cc1. The van der Waals surface area contributed by atoms with E-state index in [1.807, 2.05) is 0 Å². The van der Waals surface area contributed by atoms with Crippen LogP contribution < -0.4 is 10.1 Å². The topological polar surface area (TPSA) is 153 Å². The van der Waals surface area contributed by atoms with Gasteiger partial charge in [0.05, 0.1) is 0 Å². The number of carbonyl (C=O) groups excluding carboxylic acids is 5. The van der Waals surface area contributed by atoms with Crippen LogP contribution in [0.15, 0.2) is 24.3 Å². The lowest BCUT2D eigenvalue weighted by atomic mass is 9.98. The normalized spacial score (nSPS) is 23.7. The Morgan fingerprint density at radius 2 is 1.29 bits per heavy atom. The second kappa shape index (κ2) is 12.0. The molecule has 0 bridgehead atoms. The van der Waals surface area contributed by atoms with E-state index >= 15 is 0 Å². The molecule has 12 heteroatoms. The fraction of sp³-hybridized carbons (Fsp3) is 0.500. The summed E-state index contributed by atoms with van der Waals surface area (Å²) in [6.07, 6.45) is -6.40. The third kappa shape index (κ3) is 8.03. The van der Waals surface area contributed by atoms with E-state index in [1.54, 1.807) is 12.1 Å². The molecule has 186 valence electrons. The van der Waals surface area contributed by atoms with Crippen LogP contribution in [0.1, 0.15) is 34.6 Å². The summed E-state index contributed by atoms with van der Waals surface area (Å²) < 4.78 is 32.7. The van der Waals surface area contributed by atoms with Crippen LogP contribution in [0.3, 0.4) is 0 Å². The molecular formula is C22H27NO11. The van der Waals surface area contributed by atoms with Gasteiger partial charge in [0.15, 0.2) is 12.2 Å². The number of hydrogen-bond acceptors (Lipinski definition) is 11. The Kier molecular flexibility index (Phi) is 9.36. The molecule has 1 aliphatic rings. The van der Waals surface area contributed by atoms with E-state index < -0.39 is 54.6 Å². The lowest BCUT2D eigenvalue weighted by Crippen LogP contribution is -2.63. The minimum Gasteiger partial charge on any atom is -0.463 e. The highest BCUT2D eigenvalue weighted by molar-refractivity contribution is 5.88.